The summed E-state index contributed by atoms with van der Waals surface area (Å²) in [6.45, 7) is 2.80. The predicted octanol–water partition coefficient (Wildman–Crippen LogP) is 4.70. The van der Waals surface area contributed by atoms with Gasteiger partial charge in [0.1, 0.15) is 11.5 Å². The molecular weight excluding hydrogens is 314 g/mol. The van der Waals surface area contributed by atoms with Crippen molar-refractivity contribution in [3.63, 3.8) is 0 Å². The number of hydrogen-bond acceptors (Lipinski definition) is 2. The van der Waals surface area contributed by atoms with Crippen LogP contribution >= 0.6 is 15.9 Å². The lowest BCUT2D eigenvalue weighted by Gasteiger charge is -2.11. The lowest BCUT2D eigenvalue weighted by atomic mass is 10.1. The Morgan fingerprint density at radius 2 is 1.80 bits per heavy atom. The van der Waals surface area contributed by atoms with Gasteiger partial charge in [-0.2, -0.15) is 0 Å². The molecule has 0 spiro atoms. The summed E-state index contributed by atoms with van der Waals surface area (Å²) in [6, 6.07) is 14.3. The molecular formula is C17H20BrNO. The van der Waals surface area contributed by atoms with E-state index in [1.807, 2.05) is 24.3 Å². The molecule has 0 saturated heterocycles. The van der Waals surface area contributed by atoms with Gasteiger partial charge in [-0.25, -0.2) is 0 Å². The highest BCUT2D eigenvalue weighted by molar-refractivity contribution is 9.10. The van der Waals surface area contributed by atoms with Crippen LogP contribution in [0.25, 0.3) is 0 Å². The van der Waals surface area contributed by atoms with Crippen LogP contribution in [0, 0.1) is 0 Å². The molecule has 0 saturated carbocycles. The van der Waals surface area contributed by atoms with Crippen molar-refractivity contribution in [3.05, 3.63) is 58.1 Å². The lowest BCUT2D eigenvalue weighted by molar-refractivity contribution is 0.476. The summed E-state index contributed by atoms with van der Waals surface area (Å²) < 4.78 is 7.02. The molecule has 0 aliphatic rings. The summed E-state index contributed by atoms with van der Waals surface area (Å²) >= 11 is 3.48. The van der Waals surface area contributed by atoms with E-state index < -0.39 is 0 Å². The minimum atomic E-state index is 0.613. The molecule has 0 fully saturated rings. The zero-order valence-corrected chi connectivity index (χ0v) is 13.3. The number of benzene rings is 2. The summed E-state index contributed by atoms with van der Waals surface area (Å²) in [7, 11) is 0. The van der Waals surface area contributed by atoms with Gasteiger partial charge in [0.2, 0.25) is 0 Å². The van der Waals surface area contributed by atoms with Crippen LogP contribution in [0.3, 0.4) is 0 Å². The van der Waals surface area contributed by atoms with Crippen LogP contribution in [0.2, 0.25) is 0 Å². The summed E-state index contributed by atoms with van der Waals surface area (Å²) in [6.07, 6.45) is 3.08. The van der Waals surface area contributed by atoms with Crippen LogP contribution in [0.15, 0.2) is 46.9 Å². The number of nitrogens with two attached hydrogens (primary N) is 1. The first-order valence-corrected chi connectivity index (χ1v) is 7.77. The smallest absolute Gasteiger partial charge is 0.130 e. The van der Waals surface area contributed by atoms with Crippen molar-refractivity contribution in [2.24, 2.45) is 5.73 Å². The Balaban J connectivity index is 2.16. The molecule has 3 heteroatoms. The average molecular weight is 334 g/mol. The van der Waals surface area contributed by atoms with Crippen molar-refractivity contribution in [1.82, 2.24) is 0 Å². The zero-order chi connectivity index (χ0) is 14.4. The molecule has 0 atom stereocenters. The fraction of sp³-hybridized carbons (Fsp3) is 0.294. The highest BCUT2D eigenvalue weighted by Crippen LogP contribution is 2.28. The van der Waals surface area contributed by atoms with Crippen LogP contribution in [0.5, 0.6) is 11.5 Å². The van der Waals surface area contributed by atoms with Crippen LogP contribution in [0.1, 0.15) is 24.5 Å². The Kier molecular flexibility index (Phi) is 5.62. The molecule has 0 radical (unpaired) electrons. The van der Waals surface area contributed by atoms with Gasteiger partial charge in [-0.15, -0.1) is 0 Å². The molecule has 0 amide bonds. The van der Waals surface area contributed by atoms with E-state index in [0.29, 0.717) is 6.54 Å². The third kappa shape index (κ3) is 4.09. The third-order valence-electron chi connectivity index (χ3n) is 3.13. The van der Waals surface area contributed by atoms with Crippen molar-refractivity contribution in [2.45, 2.75) is 26.2 Å². The van der Waals surface area contributed by atoms with Crippen LogP contribution in [-0.4, -0.2) is 6.54 Å². The van der Waals surface area contributed by atoms with E-state index in [0.717, 1.165) is 40.8 Å². The number of hydrogen-bond donors (Lipinski definition) is 1. The quantitative estimate of drug-likeness (QED) is 0.831. The van der Waals surface area contributed by atoms with Crippen LogP contribution in [-0.2, 0) is 12.8 Å². The van der Waals surface area contributed by atoms with E-state index in [9.17, 15) is 0 Å². The van der Waals surface area contributed by atoms with Crippen molar-refractivity contribution in [3.8, 4) is 11.5 Å². The maximum atomic E-state index is 5.97. The molecule has 106 valence electrons. The maximum Gasteiger partial charge on any atom is 0.130 e. The monoisotopic (exact) mass is 333 g/mol. The molecule has 2 nitrogen and oxygen atoms in total. The van der Waals surface area contributed by atoms with Crippen LogP contribution < -0.4 is 10.5 Å². The lowest BCUT2D eigenvalue weighted by Crippen LogP contribution is -2.04. The average Bonchev–Trinajstić information content (AvgIpc) is 2.44. The standard InChI is InChI=1S/C17H20BrNO/c1-2-3-13-4-7-16(8-5-13)20-17-9-6-15(18)12-14(17)10-11-19/h4-9,12H,2-3,10-11,19H2,1H3. The molecule has 2 aromatic carbocycles. The van der Waals surface area contributed by atoms with E-state index in [-0.39, 0.29) is 0 Å². The first kappa shape index (κ1) is 15.1. The second-order valence-corrected chi connectivity index (χ2v) is 5.70. The van der Waals surface area contributed by atoms with Gasteiger partial charge in [-0.1, -0.05) is 41.4 Å². The minimum Gasteiger partial charge on any atom is -0.457 e. The molecule has 0 unspecified atom stereocenters. The highest BCUT2D eigenvalue weighted by Gasteiger charge is 2.05. The third-order valence-corrected chi connectivity index (χ3v) is 3.62. The highest BCUT2D eigenvalue weighted by atomic mass is 79.9. The van der Waals surface area contributed by atoms with Gasteiger partial charge in [0.25, 0.3) is 0 Å². The van der Waals surface area contributed by atoms with E-state index in [1.54, 1.807) is 0 Å². The molecule has 0 heterocycles. The number of halogens is 1. The Morgan fingerprint density at radius 3 is 2.45 bits per heavy atom. The van der Waals surface area contributed by atoms with Crippen LogP contribution in [0.4, 0.5) is 0 Å². The van der Waals surface area contributed by atoms with Gasteiger partial charge >= 0.3 is 0 Å². The number of rotatable bonds is 6. The fourth-order valence-corrected chi connectivity index (χ4v) is 2.55. The Hall–Kier alpha value is -1.32. The summed E-state index contributed by atoms with van der Waals surface area (Å²) in [4.78, 5) is 0. The van der Waals surface area contributed by atoms with Gasteiger partial charge in [-0.05, 0) is 60.8 Å². The van der Waals surface area contributed by atoms with Gasteiger partial charge < -0.3 is 10.5 Å². The zero-order valence-electron chi connectivity index (χ0n) is 11.7. The van der Waals surface area contributed by atoms with Crippen molar-refractivity contribution in [2.75, 3.05) is 6.54 Å². The first-order valence-electron chi connectivity index (χ1n) is 6.98. The maximum absolute atomic E-state index is 5.97. The molecule has 0 aliphatic heterocycles. The van der Waals surface area contributed by atoms with E-state index in [2.05, 4.69) is 41.1 Å². The van der Waals surface area contributed by atoms with Crippen molar-refractivity contribution in [1.29, 1.82) is 0 Å². The van der Waals surface area contributed by atoms with E-state index >= 15 is 0 Å². The fourth-order valence-electron chi connectivity index (χ4n) is 2.14. The van der Waals surface area contributed by atoms with Gasteiger partial charge in [0.15, 0.2) is 0 Å². The predicted molar refractivity (Wildman–Crippen MR) is 87.4 cm³/mol. The molecule has 2 N–H and O–H groups in total. The van der Waals surface area contributed by atoms with E-state index in [4.69, 9.17) is 10.5 Å². The molecule has 0 bridgehead atoms. The molecule has 2 aromatic rings. The molecule has 0 aromatic heterocycles. The summed E-state index contributed by atoms with van der Waals surface area (Å²) in [5.41, 5.74) is 8.12. The van der Waals surface area contributed by atoms with Gasteiger partial charge in [0.05, 0.1) is 0 Å². The molecule has 20 heavy (non-hydrogen) atoms. The Labute approximate surface area is 129 Å². The summed E-state index contributed by atoms with van der Waals surface area (Å²) in [5, 5.41) is 0. The van der Waals surface area contributed by atoms with E-state index in [1.165, 1.54) is 5.56 Å². The summed E-state index contributed by atoms with van der Waals surface area (Å²) in [5.74, 6) is 1.74. The second kappa shape index (κ2) is 7.46. The number of aryl methyl sites for hydroxylation is 1. The first-order chi connectivity index (χ1) is 9.72. The van der Waals surface area contributed by atoms with Gasteiger partial charge in [0, 0.05) is 4.47 Å². The Morgan fingerprint density at radius 1 is 1.05 bits per heavy atom. The topological polar surface area (TPSA) is 35.2 Å². The molecule has 2 rings (SSSR count). The molecule has 0 aliphatic carbocycles. The number of ether oxygens (including phenoxy) is 1. The second-order valence-electron chi connectivity index (χ2n) is 4.79. The van der Waals surface area contributed by atoms with Crippen molar-refractivity contribution < 1.29 is 4.74 Å². The normalized spacial score (nSPS) is 10.6. The minimum absolute atomic E-state index is 0.613. The van der Waals surface area contributed by atoms with Gasteiger partial charge in [-0.3, -0.25) is 0 Å². The SMILES string of the molecule is CCCc1ccc(Oc2ccc(Br)cc2CCN)cc1. The largest absolute Gasteiger partial charge is 0.457 e. The van der Waals surface area contributed by atoms with Crippen molar-refractivity contribution >= 4 is 15.9 Å². The Bertz CT molecular complexity index is 551.